The molecule has 3 aromatic rings. The fourth-order valence-electron chi connectivity index (χ4n) is 3.80. The molecule has 0 aliphatic rings. The van der Waals surface area contributed by atoms with Crippen LogP contribution in [0.4, 0.5) is 0 Å². The molecular formula is C25H31N3O3S. The molecule has 32 heavy (non-hydrogen) atoms. The second-order valence-corrected chi connectivity index (χ2v) is 9.48. The summed E-state index contributed by atoms with van der Waals surface area (Å²) in [6, 6.07) is 14.8. The second-order valence-electron chi connectivity index (χ2n) is 8.17. The molecule has 3 rings (SSSR count). The van der Waals surface area contributed by atoms with Gasteiger partial charge in [0.1, 0.15) is 5.75 Å². The molecule has 0 spiro atoms. The fourth-order valence-corrected chi connectivity index (χ4v) is 4.78. The highest BCUT2D eigenvalue weighted by Gasteiger charge is 2.27. The molecule has 170 valence electrons. The summed E-state index contributed by atoms with van der Waals surface area (Å²) in [7, 11) is 0. The van der Waals surface area contributed by atoms with Crippen molar-refractivity contribution in [2.45, 2.75) is 64.0 Å². The molecule has 0 bridgehead atoms. The number of para-hydroxylation sites is 1. The molecule has 1 heterocycles. The maximum absolute atomic E-state index is 13.4. The van der Waals surface area contributed by atoms with Crippen molar-refractivity contribution in [3.63, 3.8) is 0 Å². The summed E-state index contributed by atoms with van der Waals surface area (Å²) < 4.78 is 7.12. The summed E-state index contributed by atoms with van der Waals surface area (Å²) in [6.45, 7) is 12.4. The van der Waals surface area contributed by atoms with E-state index >= 15 is 0 Å². The summed E-state index contributed by atoms with van der Waals surface area (Å²) in [5, 5.41) is 0.628. The van der Waals surface area contributed by atoms with Crippen LogP contribution < -0.4 is 10.3 Å². The second kappa shape index (κ2) is 10.2. The van der Waals surface area contributed by atoms with Crippen molar-refractivity contribution >= 4 is 28.6 Å². The fraction of sp³-hybridized carbons (Fsp3) is 0.400. The zero-order valence-corrected chi connectivity index (χ0v) is 20.3. The molecule has 6 nitrogen and oxygen atoms in total. The van der Waals surface area contributed by atoms with Crippen molar-refractivity contribution in [1.82, 2.24) is 14.5 Å². The summed E-state index contributed by atoms with van der Waals surface area (Å²) in [6.07, 6.45) is 0. The van der Waals surface area contributed by atoms with Gasteiger partial charge in [-0.05, 0) is 77.9 Å². The van der Waals surface area contributed by atoms with E-state index in [1.807, 2.05) is 88.9 Å². The lowest BCUT2D eigenvalue weighted by molar-refractivity contribution is -0.133. The van der Waals surface area contributed by atoms with Crippen molar-refractivity contribution in [3.05, 3.63) is 58.9 Å². The van der Waals surface area contributed by atoms with Crippen LogP contribution in [-0.4, -0.2) is 44.3 Å². The van der Waals surface area contributed by atoms with Gasteiger partial charge >= 0.3 is 0 Å². The molecule has 0 N–H and O–H groups in total. The lowest BCUT2D eigenvalue weighted by Gasteiger charge is -2.33. The highest BCUT2D eigenvalue weighted by atomic mass is 32.2. The van der Waals surface area contributed by atoms with Gasteiger partial charge in [-0.15, -0.1) is 0 Å². The third-order valence-electron chi connectivity index (χ3n) is 5.15. The molecule has 7 heteroatoms. The van der Waals surface area contributed by atoms with Crippen LogP contribution in [0.1, 0.15) is 41.5 Å². The zero-order chi connectivity index (χ0) is 23.4. The van der Waals surface area contributed by atoms with Gasteiger partial charge in [0.2, 0.25) is 5.91 Å². The average Bonchev–Trinajstić information content (AvgIpc) is 2.74. The van der Waals surface area contributed by atoms with Gasteiger partial charge in [0.25, 0.3) is 5.56 Å². The number of carbonyl (C=O) groups is 1. The van der Waals surface area contributed by atoms with E-state index in [1.165, 1.54) is 11.8 Å². The highest BCUT2D eigenvalue weighted by molar-refractivity contribution is 8.00. The third-order valence-corrected chi connectivity index (χ3v) is 6.19. The number of amides is 1. The molecule has 0 fully saturated rings. The van der Waals surface area contributed by atoms with E-state index in [2.05, 4.69) is 0 Å². The van der Waals surface area contributed by atoms with Crippen LogP contribution in [0.3, 0.4) is 0 Å². The van der Waals surface area contributed by atoms with Gasteiger partial charge in [-0.3, -0.25) is 14.2 Å². The number of carbonyl (C=O) groups excluding carboxylic acids is 1. The predicted molar refractivity (Wildman–Crippen MR) is 131 cm³/mol. The number of nitrogens with zero attached hydrogens (tertiary/aromatic N) is 3. The Kier molecular flexibility index (Phi) is 7.61. The van der Waals surface area contributed by atoms with Gasteiger partial charge in [0.05, 0.1) is 28.4 Å². The topological polar surface area (TPSA) is 64.4 Å². The number of hydrogen-bond acceptors (Lipinski definition) is 5. The molecule has 1 amide bonds. The quantitative estimate of drug-likeness (QED) is 0.358. The molecule has 1 unspecified atom stereocenters. The van der Waals surface area contributed by atoms with Crippen molar-refractivity contribution in [3.8, 4) is 11.4 Å². The van der Waals surface area contributed by atoms with E-state index in [0.717, 1.165) is 5.75 Å². The molecule has 1 aromatic heterocycles. The van der Waals surface area contributed by atoms with E-state index in [-0.39, 0.29) is 23.6 Å². The Morgan fingerprint density at radius 3 is 2.25 bits per heavy atom. The first-order valence-corrected chi connectivity index (χ1v) is 11.9. The van der Waals surface area contributed by atoms with Crippen LogP contribution in [0.25, 0.3) is 16.6 Å². The van der Waals surface area contributed by atoms with E-state index in [9.17, 15) is 9.59 Å². The smallest absolute Gasteiger partial charge is 0.266 e. The summed E-state index contributed by atoms with van der Waals surface area (Å²) >= 11 is 1.31. The number of fused-ring (bicyclic) bond motifs is 1. The number of rotatable bonds is 8. The summed E-state index contributed by atoms with van der Waals surface area (Å²) in [5.74, 6) is 0.765. The number of ether oxygens (including phenoxy) is 1. The standard InChI is InChI=1S/C25H31N3O3S/c1-7-31-20-14-12-19(13-15-20)28-24(30)21-10-8-9-11-22(21)26-25(28)32-18(6)23(29)27(16(2)3)17(4)5/h8-18H,7H2,1-6H3. The van der Waals surface area contributed by atoms with Crippen LogP contribution in [0.2, 0.25) is 0 Å². The van der Waals surface area contributed by atoms with Crippen molar-refractivity contribution in [2.24, 2.45) is 0 Å². The van der Waals surface area contributed by atoms with E-state index in [0.29, 0.717) is 28.4 Å². The van der Waals surface area contributed by atoms with Gasteiger partial charge in [-0.1, -0.05) is 23.9 Å². The molecule has 1 atom stereocenters. The Balaban J connectivity index is 2.08. The Morgan fingerprint density at radius 1 is 1.03 bits per heavy atom. The summed E-state index contributed by atoms with van der Waals surface area (Å²) in [4.78, 5) is 33.3. The van der Waals surface area contributed by atoms with Crippen LogP contribution in [0, 0.1) is 0 Å². The molecular weight excluding hydrogens is 422 g/mol. The molecule has 0 saturated carbocycles. The molecule has 0 aliphatic heterocycles. The van der Waals surface area contributed by atoms with Crippen LogP contribution in [0.5, 0.6) is 5.75 Å². The Morgan fingerprint density at radius 2 is 1.66 bits per heavy atom. The minimum Gasteiger partial charge on any atom is -0.494 e. The van der Waals surface area contributed by atoms with Crippen molar-refractivity contribution in [2.75, 3.05) is 6.61 Å². The lowest BCUT2D eigenvalue weighted by atomic mass is 10.2. The van der Waals surface area contributed by atoms with Gasteiger partial charge in [-0.2, -0.15) is 0 Å². The Labute approximate surface area is 193 Å². The average molecular weight is 454 g/mol. The first-order valence-electron chi connectivity index (χ1n) is 11.0. The summed E-state index contributed by atoms with van der Waals surface area (Å²) in [5.41, 5.74) is 1.14. The van der Waals surface area contributed by atoms with Crippen molar-refractivity contribution < 1.29 is 9.53 Å². The van der Waals surface area contributed by atoms with Gasteiger partial charge < -0.3 is 9.64 Å². The van der Waals surface area contributed by atoms with Crippen LogP contribution >= 0.6 is 11.8 Å². The van der Waals surface area contributed by atoms with Gasteiger partial charge in [0, 0.05) is 12.1 Å². The van der Waals surface area contributed by atoms with E-state index in [1.54, 1.807) is 10.6 Å². The normalized spacial score (nSPS) is 12.4. The molecule has 0 aliphatic carbocycles. The molecule has 0 saturated heterocycles. The maximum Gasteiger partial charge on any atom is 0.266 e. The first kappa shape index (κ1) is 23.9. The molecule has 0 radical (unpaired) electrons. The third kappa shape index (κ3) is 4.99. The predicted octanol–water partition coefficient (Wildman–Crippen LogP) is 4.91. The number of aromatic nitrogens is 2. The zero-order valence-electron chi connectivity index (χ0n) is 19.5. The largest absolute Gasteiger partial charge is 0.494 e. The van der Waals surface area contributed by atoms with Crippen molar-refractivity contribution in [1.29, 1.82) is 0 Å². The first-order chi connectivity index (χ1) is 15.2. The minimum absolute atomic E-state index is 0.0284. The van der Waals surface area contributed by atoms with Gasteiger partial charge in [-0.25, -0.2) is 4.98 Å². The lowest BCUT2D eigenvalue weighted by Crippen LogP contribution is -2.45. The van der Waals surface area contributed by atoms with Crippen LogP contribution in [0.15, 0.2) is 58.5 Å². The van der Waals surface area contributed by atoms with Crippen LogP contribution in [-0.2, 0) is 4.79 Å². The minimum atomic E-state index is -0.401. The van der Waals surface area contributed by atoms with E-state index in [4.69, 9.17) is 9.72 Å². The Bertz CT molecular complexity index is 1130. The van der Waals surface area contributed by atoms with E-state index < -0.39 is 5.25 Å². The highest BCUT2D eigenvalue weighted by Crippen LogP contribution is 2.27. The maximum atomic E-state index is 13.4. The SMILES string of the molecule is CCOc1ccc(-n2c(SC(C)C(=O)N(C(C)C)C(C)C)nc3ccccc3c2=O)cc1. The number of thioether (sulfide) groups is 1. The number of benzene rings is 2. The Hall–Kier alpha value is -2.80. The monoisotopic (exact) mass is 453 g/mol. The number of hydrogen-bond donors (Lipinski definition) is 0. The van der Waals surface area contributed by atoms with Gasteiger partial charge in [0.15, 0.2) is 5.16 Å². The molecule has 2 aromatic carbocycles.